The molecule has 82 valence electrons. The van der Waals surface area contributed by atoms with Gasteiger partial charge in [0.2, 0.25) is 4.38 Å². The molecule has 0 aliphatic heterocycles. The fourth-order valence-corrected chi connectivity index (χ4v) is 3.45. The summed E-state index contributed by atoms with van der Waals surface area (Å²) in [5.74, 6) is -0.318. The molecule has 0 aliphatic rings. The van der Waals surface area contributed by atoms with Gasteiger partial charge in [-0.1, -0.05) is 0 Å². The lowest BCUT2D eigenvalue weighted by Gasteiger charge is -2.06. The lowest BCUT2D eigenvalue weighted by Crippen LogP contribution is -1.95. The van der Waals surface area contributed by atoms with E-state index in [2.05, 4.69) is 31.9 Å². The van der Waals surface area contributed by atoms with E-state index in [4.69, 9.17) is 17.0 Å². The lowest BCUT2D eigenvalue weighted by atomic mass is 10.3. The number of rotatable bonds is 2. The van der Waals surface area contributed by atoms with Gasteiger partial charge < -0.3 is 4.74 Å². The molecule has 15 heavy (non-hydrogen) atoms. The average Bonchev–Trinajstić information content (AvgIpc) is 2.14. The molecule has 0 heterocycles. The third-order valence-corrected chi connectivity index (χ3v) is 3.70. The first kappa shape index (κ1) is 13.4. The van der Waals surface area contributed by atoms with Crippen molar-refractivity contribution in [2.45, 2.75) is 11.8 Å². The normalized spacial score (nSPS) is 10.1. The van der Waals surface area contributed by atoms with Crippen molar-refractivity contribution < 1.29 is 9.13 Å². The van der Waals surface area contributed by atoms with Crippen LogP contribution in [0, 0.1) is 5.82 Å². The third-order valence-electron chi connectivity index (χ3n) is 1.42. The zero-order valence-corrected chi connectivity index (χ0v) is 12.5. The van der Waals surface area contributed by atoms with E-state index in [1.165, 1.54) is 11.8 Å². The molecule has 0 aromatic heterocycles. The topological polar surface area (TPSA) is 9.23 Å². The summed E-state index contributed by atoms with van der Waals surface area (Å²) in [5, 5.41) is 0. The van der Waals surface area contributed by atoms with Crippen LogP contribution in [-0.4, -0.2) is 11.0 Å². The number of thioether (sulfide) groups is 1. The van der Waals surface area contributed by atoms with Crippen molar-refractivity contribution in [3.63, 3.8) is 0 Å². The Hall–Kier alpha value is 0.350. The predicted molar refractivity (Wildman–Crippen MR) is 71.9 cm³/mol. The van der Waals surface area contributed by atoms with Gasteiger partial charge in [-0.25, -0.2) is 4.39 Å². The van der Waals surface area contributed by atoms with Crippen LogP contribution >= 0.6 is 55.8 Å². The van der Waals surface area contributed by atoms with Gasteiger partial charge in [0.15, 0.2) is 5.82 Å². The van der Waals surface area contributed by atoms with E-state index in [-0.39, 0.29) is 5.82 Å². The molecule has 0 radical (unpaired) electrons. The van der Waals surface area contributed by atoms with Gasteiger partial charge in [-0.3, -0.25) is 0 Å². The molecule has 1 aromatic rings. The Labute approximate surface area is 114 Å². The van der Waals surface area contributed by atoms with Crippen molar-refractivity contribution in [2.75, 3.05) is 6.61 Å². The summed E-state index contributed by atoms with van der Waals surface area (Å²) in [7, 11) is 0. The zero-order valence-electron chi connectivity index (χ0n) is 7.72. The maximum Gasteiger partial charge on any atom is 0.224 e. The van der Waals surface area contributed by atoms with Gasteiger partial charge in [-0.2, -0.15) is 0 Å². The molecule has 0 N–H and O–H groups in total. The van der Waals surface area contributed by atoms with Crippen LogP contribution in [0.4, 0.5) is 4.39 Å². The third kappa shape index (κ3) is 4.01. The maximum absolute atomic E-state index is 13.2. The number of ether oxygens (including phenoxy) is 1. The number of thiocarbonyl (C=S) groups is 1. The molecule has 6 heteroatoms. The van der Waals surface area contributed by atoms with Gasteiger partial charge in [0, 0.05) is 4.90 Å². The summed E-state index contributed by atoms with van der Waals surface area (Å²) >= 11 is 12.5. The van der Waals surface area contributed by atoms with Gasteiger partial charge >= 0.3 is 0 Å². The van der Waals surface area contributed by atoms with Crippen LogP contribution in [0.2, 0.25) is 0 Å². The fraction of sp³-hybridized carbons (Fsp3) is 0.222. The molecular formula is C9H7Br2FOS2. The number of benzene rings is 1. The zero-order chi connectivity index (χ0) is 11.4. The highest BCUT2D eigenvalue weighted by molar-refractivity contribution is 9.11. The largest absolute Gasteiger partial charge is 0.479 e. The van der Waals surface area contributed by atoms with Crippen LogP contribution in [0.1, 0.15) is 6.92 Å². The van der Waals surface area contributed by atoms with Gasteiger partial charge in [0.05, 0.1) is 15.6 Å². The Balaban J connectivity index is 2.83. The van der Waals surface area contributed by atoms with Crippen LogP contribution in [0.3, 0.4) is 0 Å². The van der Waals surface area contributed by atoms with Crippen molar-refractivity contribution >= 4 is 60.2 Å². The first-order chi connectivity index (χ1) is 7.04. The molecule has 0 aliphatic carbocycles. The quantitative estimate of drug-likeness (QED) is 0.420. The van der Waals surface area contributed by atoms with E-state index in [1.807, 2.05) is 6.92 Å². The van der Waals surface area contributed by atoms with Crippen molar-refractivity contribution in [2.24, 2.45) is 0 Å². The Bertz CT molecular complexity index is 361. The van der Waals surface area contributed by atoms with Gasteiger partial charge in [-0.15, -0.1) is 0 Å². The summed E-state index contributed by atoms with van der Waals surface area (Å²) in [6.45, 7) is 2.40. The monoisotopic (exact) mass is 372 g/mol. The Morgan fingerprint density at radius 2 is 2.00 bits per heavy atom. The first-order valence-electron chi connectivity index (χ1n) is 4.03. The SMILES string of the molecule is CCOC(=S)Sc1cc(Br)c(F)c(Br)c1. The molecule has 0 spiro atoms. The summed E-state index contributed by atoms with van der Waals surface area (Å²) in [6.07, 6.45) is 0. The van der Waals surface area contributed by atoms with Crippen molar-refractivity contribution in [1.29, 1.82) is 0 Å². The van der Waals surface area contributed by atoms with E-state index in [1.54, 1.807) is 12.1 Å². The molecule has 0 fully saturated rings. The lowest BCUT2D eigenvalue weighted by molar-refractivity contribution is 0.346. The average molecular weight is 374 g/mol. The first-order valence-corrected chi connectivity index (χ1v) is 6.84. The van der Waals surface area contributed by atoms with Crippen LogP contribution in [0.15, 0.2) is 26.0 Å². The molecule has 1 nitrogen and oxygen atoms in total. The van der Waals surface area contributed by atoms with E-state index < -0.39 is 0 Å². The Morgan fingerprint density at radius 3 is 2.47 bits per heavy atom. The highest BCUT2D eigenvalue weighted by atomic mass is 79.9. The van der Waals surface area contributed by atoms with Gasteiger partial charge in [0.1, 0.15) is 0 Å². The summed E-state index contributed by atoms with van der Waals surface area (Å²) in [5.41, 5.74) is 0. The second-order valence-corrected chi connectivity index (χ2v) is 5.87. The van der Waals surface area contributed by atoms with E-state index >= 15 is 0 Å². The number of halogens is 3. The van der Waals surface area contributed by atoms with Gasteiger partial charge in [0.25, 0.3) is 0 Å². The molecule has 1 rings (SSSR count). The summed E-state index contributed by atoms with van der Waals surface area (Å²) < 4.78 is 19.6. The van der Waals surface area contributed by atoms with Crippen LogP contribution in [0.25, 0.3) is 0 Å². The molecule has 0 bridgehead atoms. The maximum atomic E-state index is 13.2. The van der Waals surface area contributed by atoms with Crippen LogP contribution in [0.5, 0.6) is 0 Å². The minimum atomic E-state index is -0.318. The number of hydrogen-bond acceptors (Lipinski definition) is 3. The highest BCUT2D eigenvalue weighted by Crippen LogP contribution is 2.31. The molecule has 0 amide bonds. The Morgan fingerprint density at radius 1 is 1.47 bits per heavy atom. The molecule has 0 saturated carbocycles. The highest BCUT2D eigenvalue weighted by Gasteiger charge is 2.09. The van der Waals surface area contributed by atoms with E-state index in [0.717, 1.165) is 4.90 Å². The van der Waals surface area contributed by atoms with Crippen molar-refractivity contribution in [3.8, 4) is 0 Å². The molecule has 0 saturated heterocycles. The molecule has 0 atom stereocenters. The molecule has 0 unspecified atom stereocenters. The summed E-state index contributed by atoms with van der Waals surface area (Å²) in [6, 6.07) is 3.33. The van der Waals surface area contributed by atoms with Crippen molar-refractivity contribution in [1.82, 2.24) is 0 Å². The van der Waals surface area contributed by atoms with Crippen LogP contribution < -0.4 is 0 Å². The second kappa shape index (κ2) is 6.18. The Kier molecular flexibility index (Phi) is 5.52. The van der Waals surface area contributed by atoms with Gasteiger partial charge in [-0.05, 0) is 74.9 Å². The van der Waals surface area contributed by atoms with Crippen molar-refractivity contribution in [3.05, 3.63) is 26.9 Å². The predicted octanol–water partition coefficient (Wildman–Crippen LogP) is 4.76. The minimum absolute atomic E-state index is 0.318. The minimum Gasteiger partial charge on any atom is -0.479 e. The summed E-state index contributed by atoms with van der Waals surface area (Å²) in [4.78, 5) is 0.827. The van der Waals surface area contributed by atoms with E-state index in [9.17, 15) is 4.39 Å². The molecular weight excluding hydrogens is 367 g/mol. The standard InChI is InChI=1S/C9H7Br2FOS2/c1-2-13-9(14)15-5-3-6(10)8(12)7(11)4-5/h3-4H,2H2,1H3. The number of hydrogen-bond donors (Lipinski definition) is 0. The second-order valence-electron chi connectivity index (χ2n) is 2.49. The fourth-order valence-electron chi connectivity index (χ4n) is 0.835. The van der Waals surface area contributed by atoms with Crippen LogP contribution in [-0.2, 0) is 4.74 Å². The smallest absolute Gasteiger partial charge is 0.224 e. The van der Waals surface area contributed by atoms with E-state index in [0.29, 0.717) is 19.9 Å². The molecule has 1 aromatic carbocycles.